The quantitative estimate of drug-likeness (QED) is 0.298. The van der Waals surface area contributed by atoms with Crippen LogP contribution in [0.5, 0.6) is 11.5 Å². The number of hydrogen-bond donors (Lipinski definition) is 3. The molecule has 12 heteroatoms. The Morgan fingerprint density at radius 2 is 1.48 bits per heavy atom. The van der Waals surface area contributed by atoms with Gasteiger partial charge in [-0.2, -0.15) is 0 Å². The zero-order valence-corrected chi connectivity index (χ0v) is 21.8. The zero-order valence-electron chi connectivity index (χ0n) is 21.8. The van der Waals surface area contributed by atoms with E-state index in [1.165, 1.54) is 6.07 Å². The van der Waals surface area contributed by atoms with Crippen LogP contribution < -0.4 is 4.74 Å². The highest BCUT2D eigenvalue weighted by Gasteiger charge is 2.61. The predicted molar refractivity (Wildman–Crippen MR) is 135 cm³/mol. The molecule has 4 amide bonds. The lowest BCUT2D eigenvalue weighted by atomic mass is 9.57. The first-order valence-electron chi connectivity index (χ1n) is 13.3. The van der Waals surface area contributed by atoms with Gasteiger partial charge < -0.3 is 20.1 Å². The Balaban J connectivity index is 1.57. The van der Waals surface area contributed by atoms with Gasteiger partial charge in [0.05, 0.1) is 43.1 Å². The van der Waals surface area contributed by atoms with Crippen molar-refractivity contribution in [3.05, 3.63) is 35.4 Å². The van der Waals surface area contributed by atoms with E-state index in [4.69, 9.17) is 14.9 Å². The average Bonchev–Trinajstić information content (AvgIpc) is 3.30. The van der Waals surface area contributed by atoms with E-state index < -0.39 is 77.5 Å². The van der Waals surface area contributed by atoms with Gasteiger partial charge in [0, 0.05) is 19.0 Å². The van der Waals surface area contributed by atoms with Crippen LogP contribution in [0.25, 0.3) is 0 Å². The molecule has 0 unspecified atom stereocenters. The summed E-state index contributed by atoms with van der Waals surface area (Å²) in [6.07, 6.45) is 1.42. The summed E-state index contributed by atoms with van der Waals surface area (Å²) >= 11 is 0. The van der Waals surface area contributed by atoms with E-state index in [2.05, 4.69) is 0 Å². The number of imide groups is 2. The van der Waals surface area contributed by atoms with Crippen LogP contribution in [0, 0.1) is 29.6 Å². The molecule has 5 rings (SSSR count). The van der Waals surface area contributed by atoms with Gasteiger partial charge in [-0.3, -0.25) is 38.6 Å². The lowest BCUT2D eigenvalue weighted by Gasteiger charge is -2.44. The number of carbonyl (C=O) groups excluding carboxylic acids is 4. The number of likely N-dealkylation sites (tertiary alicyclic amines) is 2. The molecular weight excluding hydrogens is 524 g/mol. The van der Waals surface area contributed by atoms with Crippen molar-refractivity contribution in [1.29, 1.82) is 0 Å². The first-order valence-corrected chi connectivity index (χ1v) is 13.3. The van der Waals surface area contributed by atoms with Crippen LogP contribution in [0.2, 0.25) is 0 Å². The van der Waals surface area contributed by atoms with Crippen molar-refractivity contribution < 1.29 is 48.8 Å². The van der Waals surface area contributed by atoms with E-state index in [9.17, 15) is 33.9 Å². The van der Waals surface area contributed by atoms with Gasteiger partial charge in [0.15, 0.2) is 11.5 Å². The maximum Gasteiger partial charge on any atom is 0.305 e. The molecule has 1 saturated carbocycles. The Bertz CT molecular complexity index is 1340. The Hall–Kier alpha value is -4.22. The van der Waals surface area contributed by atoms with Gasteiger partial charge in [-0.1, -0.05) is 17.7 Å². The number of carbonyl (C=O) groups is 6. The van der Waals surface area contributed by atoms with E-state index in [1.807, 2.05) is 6.08 Å². The fraction of sp³-hybridized carbons (Fsp3) is 0.500. The third kappa shape index (κ3) is 4.40. The summed E-state index contributed by atoms with van der Waals surface area (Å²) in [6, 6.07) is 4.67. The minimum Gasteiger partial charge on any atom is -0.504 e. The summed E-state index contributed by atoms with van der Waals surface area (Å²) in [5.41, 5.74) is 1.32. The molecule has 2 heterocycles. The molecule has 0 spiro atoms. The van der Waals surface area contributed by atoms with E-state index in [0.29, 0.717) is 5.56 Å². The Labute approximate surface area is 229 Å². The van der Waals surface area contributed by atoms with Crippen LogP contribution in [0.3, 0.4) is 0 Å². The number of carboxylic acid groups (broad SMARTS) is 2. The monoisotopic (exact) mass is 554 g/mol. The van der Waals surface area contributed by atoms with E-state index in [0.717, 1.165) is 15.4 Å². The SMILES string of the molecule is CCOc1cc([C@H]2C3=CC[C@@H]4C(=O)N(CCC(=O)O)C(=O)[C@@H]4[C@@H]3C[C@H]3C(=O)N(CCC(=O)O)C(=O)[C@@H]23)ccc1O. The second-order valence-electron chi connectivity index (χ2n) is 10.6. The van der Waals surface area contributed by atoms with Crippen molar-refractivity contribution in [2.45, 2.75) is 38.5 Å². The fourth-order valence-electron chi connectivity index (χ4n) is 6.94. The third-order valence-electron chi connectivity index (χ3n) is 8.57. The van der Waals surface area contributed by atoms with E-state index in [1.54, 1.807) is 19.1 Å². The molecule has 40 heavy (non-hydrogen) atoms. The minimum absolute atomic E-state index is 0.102. The molecule has 2 aliphatic carbocycles. The van der Waals surface area contributed by atoms with Crippen LogP contribution in [0.15, 0.2) is 29.8 Å². The molecule has 12 nitrogen and oxygen atoms in total. The highest BCUT2D eigenvalue weighted by Crippen LogP contribution is 2.58. The molecule has 212 valence electrons. The first-order chi connectivity index (χ1) is 19.0. The van der Waals surface area contributed by atoms with Crippen LogP contribution in [0.4, 0.5) is 0 Å². The van der Waals surface area contributed by atoms with Gasteiger partial charge in [0.25, 0.3) is 0 Å². The molecule has 0 aromatic heterocycles. The Kier molecular flexibility index (Phi) is 7.11. The second kappa shape index (κ2) is 10.4. The number of hydrogen-bond acceptors (Lipinski definition) is 8. The number of benzene rings is 1. The number of nitrogens with zero attached hydrogens (tertiary/aromatic N) is 2. The Morgan fingerprint density at radius 3 is 2.08 bits per heavy atom. The molecule has 0 radical (unpaired) electrons. The first kappa shape index (κ1) is 27.4. The number of phenolic OH excluding ortho intramolecular Hbond substituents is 1. The summed E-state index contributed by atoms with van der Waals surface area (Å²) in [5.74, 6) is -8.54. The Morgan fingerprint density at radius 1 is 0.875 bits per heavy atom. The van der Waals surface area contributed by atoms with Crippen molar-refractivity contribution in [3.63, 3.8) is 0 Å². The molecule has 2 saturated heterocycles. The largest absolute Gasteiger partial charge is 0.504 e. The summed E-state index contributed by atoms with van der Waals surface area (Å²) < 4.78 is 5.56. The van der Waals surface area contributed by atoms with Gasteiger partial charge in [0.2, 0.25) is 23.6 Å². The molecule has 1 aromatic carbocycles. The number of aromatic hydroxyl groups is 1. The zero-order chi connectivity index (χ0) is 28.9. The minimum atomic E-state index is -1.15. The average molecular weight is 555 g/mol. The van der Waals surface area contributed by atoms with Gasteiger partial charge in [0.1, 0.15) is 0 Å². The van der Waals surface area contributed by atoms with Crippen molar-refractivity contribution in [3.8, 4) is 11.5 Å². The second-order valence-corrected chi connectivity index (χ2v) is 10.6. The van der Waals surface area contributed by atoms with Crippen LogP contribution in [0.1, 0.15) is 44.1 Å². The van der Waals surface area contributed by atoms with E-state index in [-0.39, 0.29) is 50.5 Å². The maximum atomic E-state index is 13.7. The predicted octanol–water partition coefficient (Wildman–Crippen LogP) is 1.38. The van der Waals surface area contributed by atoms with Crippen molar-refractivity contribution in [2.24, 2.45) is 29.6 Å². The number of allylic oxidation sites excluding steroid dienone is 2. The number of aliphatic carboxylic acids is 2. The van der Waals surface area contributed by atoms with Crippen LogP contribution >= 0.6 is 0 Å². The van der Waals surface area contributed by atoms with Gasteiger partial charge in [-0.25, -0.2) is 0 Å². The number of carboxylic acids is 2. The molecule has 3 fully saturated rings. The number of amides is 4. The van der Waals surface area contributed by atoms with Crippen molar-refractivity contribution >= 4 is 35.6 Å². The highest BCUT2D eigenvalue weighted by molar-refractivity contribution is 6.08. The lowest BCUT2D eigenvalue weighted by molar-refractivity contribution is -0.145. The molecule has 2 aliphatic heterocycles. The molecule has 1 aromatic rings. The highest BCUT2D eigenvalue weighted by atomic mass is 16.5. The number of fused-ring (bicyclic) bond motifs is 4. The molecule has 3 N–H and O–H groups in total. The van der Waals surface area contributed by atoms with Gasteiger partial charge in [-0.05, 0) is 43.4 Å². The molecule has 0 bridgehead atoms. The standard InChI is InChI=1S/C28H30N2O10/c1-2-40-19-11-13(3-6-18(19)31)22-14-4-5-15-23(27(38)29(25(15)36)9-7-20(32)33)16(14)12-17-24(22)28(39)30(26(17)37)10-8-21(34)35/h3-4,6,11,15-17,22-24,31H,2,5,7-10,12H2,1H3,(H,32,33)(H,34,35)/t15-,16+,17+,22-,23-,24+/m0/s1. The molecule has 4 aliphatic rings. The topological polar surface area (TPSA) is 179 Å². The van der Waals surface area contributed by atoms with Gasteiger partial charge in [-0.15, -0.1) is 0 Å². The summed E-state index contributed by atoms with van der Waals surface area (Å²) in [4.78, 5) is 78.2. The third-order valence-corrected chi connectivity index (χ3v) is 8.57. The molecular formula is C28H30N2O10. The fourth-order valence-corrected chi connectivity index (χ4v) is 6.94. The number of phenols is 1. The maximum absolute atomic E-state index is 13.7. The summed E-state index contributed by atoms with van der Waals surface area (Å²) in [5, 5.41) is 28.6. The summed E-state index contributed by atoms with van der Waals surface area (Å²) in [6.45, 7) is 1.50. The smallest absolute Gasteiger partial charge is 0.305 e. The van der Waals surface area contributed by atoms with Crippen molar-refractivity contribution in [1.82, 2.24) is 9.80 Å². The number of ether oxygens (including phenoxy) is 1. The van der Waals surface area contributed by atoms with Gasteiger partial charge >= 0.3 is 11.9 Å². The van der Waals surface area contributed by atoms with E-state index >= 15 is 0 Å². The van der Waals surface area contributed by atoms with Crippen LogP contribution in [-0.2, 0) is 28.8 Å². The summed E-state index contributed by atoms with van der Waals surface area (Å²) in [7, 11) is 0. The van der Waals surface area contributed by atoms with Crippen molar-refractivity contribution in [2.75, 3.05) is 19.7 Å². The lowest BCUT2D eigenvalue weighted by Crippen LogP contribution is -2.43. The molecule has 6 atom stereocenters. The normalized spacial score (nSPS) is 29.2. The number of rotatable bonds is 9. The van der Waals surface area contributed by atoms with Crippen LogP contribution in [-0.4, -0.2) is 80.4 Å².